The lowest BCUT2D eigenvalue weighted by Crippen LogP contribution is -2.62. The molecule has 0 aliphatic heterocycles. The van der Waals surface area contributed by atoms with Crippen molar-refractivity contribution in [3.05, 3.63) is 83.4 Å². The van der Waals surface area contributed by atoms with Gasteiger partial charge in [-0.1, -0.05) is 79.0 Å². The maximum atomic E-state index is 14.5. The lowest BCUT2D eigenvalue weighted by molar-refractivity contribution is -0.152. The van der Waals surface area contributed by atoms with Crippen LogP contribution in [0.2, 0.25) is 0 Å². The van der Waals surface area contributed by atoms with E-state index in [-0.39, 0.29) is 27.7 Å². The van der Waals surface area contributed by atoms with Crippen LogP contribution < -0.4 is 22.1 Å². The van der Waals surface area contributed by atoms with Crippen molar-refractivity contribution in [1.29, 1.82) is 0 Å². The summed E-state index contributed by atoms with van der Waals surface area (Å²) < 4.78 is 0. The van der Waals surface area contributed by atoms with Crippen molar-refractivity contribution in [3.63, 3.8) is 0 Å². The van der Waals surface area contributed by atoms with E-state index in [0.29, 0.717) is 53.6 Å². The molecule has 6 N–H and O–H groups in total. The minimum absolute atomic E-state index is 0.0896. The lowest BCUT2D eigenvalue weighted by atomic mass is 9.39. The molecule has 0 radical (unpaired) electrons. The Hall–Kier alpha value is -2.54. The molecule has 0 heterocycles. The molecule has 0 saturated heterocycles. The second kappa shape index (κ2) is 12.7. The summed E-state index contributed by atoms with van der Waals surface area (Å²) in [7, 11) is 0. The van der Waals surface area contributed by atoms with Gasteiger partial charge in [0, 0.05) is 29.6 Å². The van der Waals surface area contributed by atoms with E-state index in [2.05, 4.69) is 71.8 Å². The van der Waals surface area contributed by atoms with Gasteiger partial charge in [0.15, 0.2) is 0 Å². The van der Waals surface area contributed by atoms with Crippen LogP contribution in [0.15, 0.2) is 66.7 Å². The molecule has 10 saturated carbocycles. The number of amides is 1. The topological polar surface area (TPSA) is 93.2 Å². The first-order valence-electron chi connectivity index (χ1n) is 21.5. The Morgan fingerprint density at radius 1 is 0.623 bits per heavy atom. The smallest absolute Gasteiger partial charge is 0.226 e. The number of hydrogen-bond donors (Lipinski definition) is 4. The molecule has 5 nitrogen and oxygen atoms in total. The van der Waals surface area contributed by atoms with E-state index in [1.807, 2.05) is 0 Å². The highest BCUT2D eigenvalue weighted by atomic mass is 32.1. The molecule has 53 heavy (non-hydrogen) atoms. The summed E-state index contributed by atoms with van der Waals surface area (Å²) in [6.45, 7) is 4.68. The number of benzene rings is 2. The predicted octanol–water partition coefficient (Wildman–Crippen LogP) is 8.50. The fourth-order valence-electron chi connectivity index (χ4n) is 14.9. The first kappa shape index (κ1) is 34.9. The second-order valence-corrected chi connectivity index (χ2v) is 20.7. The number of hydrogen-bond acceptors (Lipinski definition) is 4. The van der Waals surface area contributed by atoms with Crippen LogP contribution in [0.1, 0.15) is 138 Å². The zero-order chi connectivity index (χ0) is 36.2. The monoisotopic (exact) mass is 730 g/mol. The predicted molar refractivity (Wildman–Crippen MR) is 217 cm³/mol. The Bertz CT molecular complexity index is 1720. The standard InChI is InChI=1S/C47H62N4OS/c1-29-31-19-44(20-32(29)22-47(21-31,28-44)43(53)51-40-17-13-38(49)14-18-40)36-9-7-30(8-10-36)41-33-23-45(35-5-3-2-4-6-35)24-34(41)26-46(25-33,27-45)42(52)50-39-15-11-37(48)12-16-39/h2-10,31-34,37-41H,1,11-28,48-49H2,(H,50,52)(H,51,53). The Morgan fingerprint density at radius 3 is 1.72 bits per heavy atom. The fraction of sp³-hybridized carbons (Fsp3) is 0.660. The molecule has 10 fully saturated rings. The van der Waals surface area contributed by atoms with E-state index in [9.17, 15) is 4.79 Å². The molecule has 4 atom stereocenters. The third-order valence-corrected chi connectivity index (χ3v) is 17.6. The van der Waals surface area contributed by atoms with Gasteiger partial charge >= 0.3 is 0 Å². The Kier molecular flexibility index (Phi) is 8.40. The van der Waals surface area contributed by atoms with Crippen molar-refractivity contribution in [3.8, 4) is 0 Å². The summed E-state index contributed by atoms with van der Waals surface area (Å²) in [5.41, 5.74) is 18.6. The Labute approximate surface area is 323 Å². The minimum Gasteiger partial charge on any atom is -0.376 e. The van der Waals surface area contributed by atoms with Crippen LogP contribution >= 0.6 is 12.2 Å². The summed E-state index contributed by atoms with van der Waals surface area (Å²) in [5.74, 6) is 3.06. The quantitative estimate of drug-likeness (QED) is 0.170. The third kappa shape index (κ3) is 5.73. The number of rotatable bonds is 7. The van der Waals surface area contributed by atoms with Crippen LogP contribution in [-0.2, 0) is 15.6 Å². The largest absolute Gasteiger partial charge is 0.376 e. The van der Waals surface area contributed by atoms with Crippen LogP contribution in [0.5, 0.6) is 0 Å². The van der Waals surface area contributed by atoms with Crippen LogP contribution in [0, 0.1) is 34.5 Å². The third-order valence-electron chi connectivity index (χ3n) is 17.0. The molecule has 12 rings (SSSR count). The molecule has 2 aromatic carbocycles. The molecular weight excluding hydrogens is 669 g/mol. The maximum Gasteiger partial charge on any atom is 0.226 e. The molecule has 0 aromatic heterocycles. The number of carbonyl (C=O) groups is 1. The van der Waals surface area contributed by atoms with E-state index < -0.39 is 0 Å². The number of nitrogens with two attached hydrogens (primary N) is 2. The molecule has 282 valence electrons. The molecule has 1 amide bonds. The summed E-state index contributed by atoms with van der Waals surface area (Å²) >= 11 is 6.38. The van der Waals surface area contributed by atoms with Gasteiger partial charge in [0.1, 0.15) is 0 Å². The summed E-state index contributed by atoms with van der Waals surface area (Å²) in [4.78, 5) is 15.6. The zero-order valence-corrected chi connectivity index (χ0v) is 32.6. The molecule has 8 bridgehead atoms. The first-order chi connectivity index (χ1) is 25.6. The van der Waals surface area contributed by atoms with Crippen LogP contribution in [-0.4, -0.2) is 35.1 Å². The van der Waals surface area contributed by atoms with Crippen molar-refractivity contribution in [1.82, 2.24) is 10.6 Å². The van der Waals surface area contributed by atoms with Gasteiger partial charge in [-0.15, -0.1) is 0 Å². The molecule has 2 aromatic rings. The number of thiocarbonyl (C=S) groups is 1. The van der Waals surface area contributed by atoms with Crippen LogP contribution in [0.4, 0.5) is 0 Å². The molecule has 10 aliphatic rings. The molecule has 6 heteroatoms. The lowest BCUT2D eigenvalue weighted by Gasteiger charge is -2.64. The number of nitrogens with one attached hydrogen (secondary N) is 2. The van der Waals surface area contributed by atoms with Gasteiger partial charge in [-0.05, 0) is 173 Å². The number of allylic oxidation sites excluding steroid dienone is 1. The minimum atomic E-state index is -0.260. The van der Waals surface area contributed by atoms with E-state index in [1.165, 1.54) is 67.2 Å². The van der Waals surface area contributed by atoms with Crippen molar-refractivity contribution in [2.45, 2.75) is 156 Å². The van der Waals surface area contributed by atoms with Gasteiger partial charge < -0.3 is 22.1 Å². The second-order valence-electron chi connectivity index (χ2n) is 20.3. The maximum absolute atomic E-state index is 14.5. The van der Waals surface area contributed by atoms with Crippen molar-refractivity contribution >= 4 is 23.1 Å². The Balaban J connectivity index is 0.911. The summed E-state index contributed by atoms with van der Waals surface area (Å²) in [5, 5.41) is 7.53. The highest BCUT2D eigenvalue weighted by Gasteiger charge is 2.65. The van der Waals surface area contributed by atoms with Gasteiger partial charge in [-0.3, -0.25) is 4.79 Å². The van der Waals surface area contributed by atoms with Gasteiger partial charge in [-0.2, -0.15) is 0 Å². The summed E-state index contributed by atoms with van der Waals surface area (Å²) in [6, 6.07) is 22.8. The number of carbonyl (C=O) groups excluding carboxylic acids is 1. The van der Waals surface area contributed by atoms with Gasteiger partial charge in [0.05, 0.1) is 10.4 Å². The van der Waals surface area contributed by atoms with Gasteiger partial charge in [0.2, 0.25) is 5.91 Å². The first-order valence-corrected chi connectivity index (χ1v) is 22.0. The van der Waals surface area contributed by atoms with Crippen molar-refractivity contribution in [2.24, 2.45) is 46.0 Å². The highest BCUT2D eigenvalue weighted by molar-refractivity contribution is 7.80. The zero-order valence-electron chi connectivity index (χ0n) is 31.8. The molecule has 4 unspecified atom stereocenters. The fourth-order valence-corrected chi connectivity index (χ4v) is 15.4. The van der Waals surface area contributed by atoms with E-state index in [4.69, 9.17) is 23.7 Å². The average molecular weight is 731 g/mol. The Morgan fingerprint density at radius 2 is 1.13 bits per heavy atom. The summed E-state index contributed by atoms with van der Waals surface area (Å²) in [6.07, 6.45) is 20.0. The van der Waals surface area contributed by atoms with Crippen molar-refractivity contribution in [2.75, 3.05) is 0 Å². The van der Waals surface area contributed by atoms with E-state index in [0.717, 1.165) is 75.6 Å². The molecular formula is C47H62N4OS. The molecule has 10 aliphatic carbocycles. The van der Waals surface area contributed by atoms with Crippen molar-refractivity contribution < 1.29 is 4.79 Å². The SMILES string of the molecule is C=C1C2CC3(C(=S)NC4CCC(N)CC4)CC1CC(c1ccc(C4C5CC6(C(=O)NC7CCC(N)CC7)CC4CC(c4ccccc4)(C5)C6)cc1)(C2)C3. The van der Waals surface area contributed by atoms with Crippen LogP contribution in [0.25, 0.3) is 0 Å². The average Bonchev–Trinajstić information content (AvgIpc) is 3.15. The normalized spacial score (nSPS) is 45.2. The van der Waals surface area contributed by atoms with Gasteiger partial charge in [-0.25, -0.2) is 0 Å². The van der Waals surface area contributed by atoms with E-state index in [1.54, 1.807) is 0 Å². The van der Waals surface area contributed by atoms with E-state index >= 15 is 0 Å². The van der Waals surface area contributed by atoms with Crippen LogP contribution in [0.3, 0.4) is 0 Å². The highest BCUT2D eigenvalue weighted by Crippen LogP contribution is 2.70. The van der Waals surface area contributed by atoms with Gasteiger partial charge in [0.25, 0.3) is 0 Å². The molecule has 0 spiro atoms.